The SMILES string of the molecule is CCOC(=O)C1=C(C)N(C(C)=O)C(c2csc(C)n2)=N[C@@H]1c1ccccc1. The maximum atomic E-state index is 12.7. The number of aromatic nitrogens is 1. The molecule has 1 aromatic heterocycles. The third-order valence-corrected chi connectivity index (χ3v) is 5.01. The van der Waals surface area contributed by atoms with Crippen molar-refractivity contribution < 1.29 is 14.3 Å². The molecule has 27 heavy (non-hydrogen) atoms. The van der Waals surface area contributed by atoms with E-state index in [1.165, 1.54) is 23.2 Å². The zero-order valence-electron chi connectivity index (χ0n) is 15.7. The molecule has 3 rings (SSSR count). The summed E-state index contributed by atoms with van der Waals surface area (Å²) >= 11 is 1.49. The van der Waals surface area contributed by atoms with Gasteiger partial charge in [0, 0.05) is 18.0 Å². The van der Waals surface area contributed by atoms with E-state index in [0.717, 1.165) is 10.6 Å². The van der Waals surface area contributed by atoms with E-state index < -0.39 is 12.0 Å². The Kier molecular flexibility index (Phi) is 5.51. The van der Waals surface area contributed by atoms with Crippen LogP contribution in [0.5, 0.6) is 0 Å². The third kappa shape index (κ3) is 3.68. The van der Waals surface area contributed by atoms with Crippen LogP contribution < -0.4 is 0 Å². The van der Waals surface area contributed by atoms with Crippen LogP contribution in [0.25, 0.3) is 0 Å². The van der Waals surface area contributed by atoms with Gasteiger partial charge in [0.15, 0.2) is 5.84 Å². The van der Waals surface area contributed by atoms with Gasteiger partial charge in [-0.1, -0.05) is 30.3 Å². The molecule has 1 aromatic carbocycles. The topological polar surface area (TPSA) is 71.9 Å². The van der Waals surface area contributed by atoms with Gasteiger partial charge in [-0.3, -0.25) is 14.7 Å². The molecule has 0 unspecified atom stereocenters. The second kappa shape index (κ2) is 7.84. The zero-order chi connectivity index (χ0) is 19.6. The van der Waals surface area contributed by atoms with Gasteiger partial charge in [-0.2, -0.15) is 0 Å². The second-order valence-electron chi connectivity index (χ2n) is 6.09. The van der Waals surface area contributed by atoms with Gasteiger partial charge in [0.2, 0.25) is 5.91 Å². The fourth-order valence-electron chi connectivity index (χ4n) is 3.10. The van der Waals surface area contributed by atoms with Gasteiger partial charge >= 0.3 is 5.97 Å². The number of rotatable bonds is 4. The Balaban J connectivity index is 2.21. The van der Waals surface area contributed by atoms with Crippen LogP contribution in [0.2, 0.25) is 0 Å². The molecular formula is C20H21N3O3S. The average Bonchev–Trinajstić information content (AvgIpc) is 3.07. The van der Waals surface area contributed by atoms with E-state index in [1.807, 2.05) is 42.6 Å². The molecule has 0 saturated heterocycles. The van der Waals surface area contributed by atoms with Crippen LogP contribution in [-0.4, -0.2) is 34.2 Å². The number of amides is 1. The van der Waals surface area contributed by atoms with E-state index in [0.29, 0.717) is 22.8 Å². The molecule has 0 spiro atoms. The van der Waals surface area contributed by atoms with Crippen molar-refractivity contribution in [3.8, 4) is 0 Å². The summed E-state index contributed by atoms with van der Waals surface area (Å²) in [4.78, 5) is 35.8. The minimum atomic E-state index is -0.558. The predicted octanol–water partition coefficient (Wildman–Crippen LogP) is 3.64. The Morgan fingerprint density at radius 1 is 1.22 bits per heavy atom. The van der Waals surface area contributed by atoms with Crippen molar-refractivity contribution in [1.29, 1.82) is 0 Å². The number of thiazole rings is 1. The summed E-state index contributed by atoms with van der Waals surface area (Å²) in [5.41, 5.74) is 2.36. The average molecular weight is 383 g/mol. The molecule has 0 aliphatic carbocycles. The highest BCUT2D eigenvalue weighted by Gasteiger charge is 2.36. The van der Waals surface area contributed by atoms with Crippen molar-refractivity contribution in [3.05, 3.63) is 63.2 Å². The number of hydrogen-bond acceptors (Lipinski definition) is 6. The van der Waals surface area contributed by atoms with Crippen molar-refractivity contribution in [2.75, 3.05) is 6.61 Å². The number of aliphatic imine (C=N–C) groups is 1. The molecule has 0 N–H and O–H groups in total. The largest absolute Gasteiger partial charge is 0.463 e. The summed E-state index contributed by atoms with van der Waals surface area (Å²) in [5, 5.41) is 2.75. The molecule has 7 heteroatoms. The van der Waals surface area contributed by atoms with Crippen molar-refractivity contribution in [1.82, 2.24) is 9.88 Å². The first kappa shape index (κ1) is 19.0. The van der Waals surface area contributed by atoms with Crippen molar-refractivity contribution >= 4 is 29.0 Å². The summed E-state index contributed by atoms with van der Waals surface area (Å²) in [6.07, 6.45) is 0. The van der Waals surface area contributed by atoms with Crippen LogP contribution in [0, 0.1) is 6.92 Å². The Labute approximate surface area is 162 Å². The third-order valence-electron chi connectivity index (χ3n) is 4.24. The van der Waals surface area contributed by atoms with Crippen LogP contribution in [0.15, 0.2) is 52.0 Å². The second-order valence-corrected chi connectivity index (χ2v) is 7.15. The number of amidine groups is 1. The quantitative estimate of drug-likeness (QED) is 0.756. The number of nitrogens with zero attached hydrogens (tertiary/aromatic N) is 3. The zero-order valence-corrected chi connectivity index (χ0v) is 16.5. The number of hydrogen-bond donors (Lipinski definition) is 0. The molecular weight excluding hydrogens is 362 g/mol. The molecule has 0 bridgehead atoms. The molecule has 0 saturated carbocycles. The number of allylic oxidation sites excluding steroid dienone is 1. The summed E-state index contributed by atoms with van der Waals surface area (Å²) in [5.74, 6) is -0.246. The number of esters is 1. The van der Waals surface area contributed by atoms with Gasteiger partial charge in [-0.15, -0.1) is 11.3 Å². The first-order valence-electron chi connectivity index (χ1n) is 8.67. The first-order valence-corrected chi connectivity index (χ1v) is 9.55. The fourth-order valence-corrected chi connectivity index (χ4v) is 3.69. The van der Waals surface area contributed by atoms with E-state index >= 15 is 0 Å². The Morgan fingerprint density at radius 2 is 1.93 bits per heavy atom. The van der Waals surface area contributed by atoms with Crippen LogP contribution >= 0.6 is 11.3 Å². The number of carbonyl (C=O) groups is 2. The molecule has 1 amide bonds. The molecule has 0 radical (unpaired) electrons. The lowest BCUT2D eigenvalue weighted by molar-refractivity contribution is -0.139. The van der Waals surface area contributed by atoms with E-state index in [-0.39, 0.29) is 12.5 Å². The maximum Gasteiger partial charge on any atom is 0.338 e. The van der Waals surface area contributed by atoms with E-state index in [2.05, 4.69) is 4.98 Å². The van der Waals surface area contributed by atoms with Gasteiger partial charge < -0.3 is 4.74 Å². The van der Waals surface area contributed by atoms with Crippen LogP contribution in [0.4, 0.5) is 0 Å². The lowest BCUT2D eigenvalue weighted by Crippen LogP contribution is -2.40. The molecule has 1 aliphatic rings. The Hall–Kier alpha value is -2.80. The highest BCUT2D eigenvalue weighted by molar-refractivity contribution is 7.09. The molecule has 6 nitrogen and oxygen atoms in total. The summed E-state index contributed by atoms with van der Waals surface area (Å²) in [7, 11) is 0. The number of benzene rings is 1. The van der Waals surface area contributed by atoms with Crippen molar-refractivity contribution in [2.45, 2.75) is 33.7 Å². The van der Waals surface area contributed by atoms with Gasteiger partial charge in [0.1, 0.15) is 11.7 Å². The van der Waals surface area contributed by atoms with E-state index in [4.69, 9.17) is 9.73 Å². The lowest BCUT2D eigenvalue weighted by Gasteiger charge is -2.32. The number of carbonyl (C=O) groups excluding carboxylic acids is 2. The predicted molar refractivity (Wildman–Crippen MR) is 104 cm³/mol. The van der Waals surface area contributed by atoms with E-state index in [9.17, 15) is 9.59 Å². The number of aryl methyl sites for hydroxylation is 1. The summed E-state index contributed by atoms with van der Waals surface area (Å²) < 4.78 is 5.26. The standard InChI is InChI=1S/C20H21N3O3S/c1-5-26-20(25)17-12(2)23(14(4)24)19(16-11-27-13(3)21-16)22-18(17)15-9-7-6-8-10-15/h6-11,18H,5H2,1-4H3/t18-/m1/s1. The summed E-state index contributed by atoms with van der Waals surface area (Å²) in [6, 6.07) is 8.96. The van der Waals surface area contributed by atoms with Gasteiger partial charge in [0.05, 0.1) is 17.2 Å². The van der Waals surface area contributed by atoms with Gasteiger partial charge in [-0.05, 0) is 26.3 Å². The van der Waals surface area contributed by atoms with Crippen molar-refractivity contribution in [2.24, 2.45) is 4.99 Å². The Morgan fingerprint density at radius 3 is 2.48 bits per heavy atom. The molecule has 140 valence electrons. The fraction of sp³-hybridized carbons (Fsp3) is 0.300. The van der Waals surface area contributed by atoms with E-state index in [1.54, 1.807) is 13.8 Å². The normalized spacial score (nSPS) is 17.0. The van der Waals surface area contributed by atoms with Crippen LogP contribution in [0.3, 0.4) is 0 Å². The van der Waals surface area contributed by atoms with Gasteiger partial charge in [-0.25, -0.2) is 9.78 Å². The minimum Gasteiger partial charge on any atom is -0.463 e. The van der Waals surface area contributed by atoms with Crippen molar-refractivity contribution in [3.63, 3.8) is 0 Å². The highest BCUT2D eigenvalue weighted by atomic mass is 32.1. The smallest absolute Gasteiger partial charge is 0.338 e. The minimum absolute atomic E-state index is 0.231. The van der Waals surface area contributed by atoms with Crippen LogP contribution in [-0.2, 0) is 14.3 Å². The Bertz CT molecular complexity index is 931. The molecule has 2 aromatic rings. The molecule has 1 atom stereocenters. The highest BCUT2D eigenvalue weighted by Crippen LogP contribution is 2.36. The molecule has 1 aliphatic heterocycles. The monoisotopic (exact) mass is 383 g/mol. The first-order chi connectivity index (χ1) is 12.9. The molecule has 2 heterocycles. The lowest BCUT2D eigenvalue weighted by atomic mass is 9.95. The van der Waals surface area contributed by atoms with Gasteiger partial charge in [0.25, 0.3) is 0 Å². The van der Waals surface area contributed by atoms with Crippen LogP contribution in [0.1, 0.15) is 43.1 Å². The number of ether oxygens (including phenoxy) is 1. The molecule has 0 fully saturated rings. The maximum absolute atomic E-state index is 12.7. The summed E-state index contributed by atoms with van der Waals surface area (Å²) in [6.45, 7) is 7.10.